The predicted molar refractivity (Wildman–Crippen MR) is 334 cm³/mol. The molecule has 0 aliphatic heterocycles. The second-order valence-electron chi connectivity index (χ2n) is 20.9. The normalized spacial score (nSPS) is 14.0. The van der Waals surface area contributed by atoms with Crippen LogP contribution in [0.4, 0.5) is 0 Å². The topological polar surface area (TPSA) is 155 Å². The Labute approximate surface area is 488 Å². The molecule has 0 radical (unpaired) electrons. The SMILES string of the molecule is CC/C=C\C/C=C\C/C=C\C/C=C\C/C=C\CC(=O)OC(CO)COP(=O)(O)OCC(COC(=O)CCCCCCCCCCC/C=C\C/C=C\CCCCC)OC(=O)CCCCCCCCCCC/C=C\C/C=C\CCCCC. The molecule has 0 aromatic rings. The third-order valence-electron chi connectivity index (χ3n) is 13.2. The summed E-state index contributed by atoms with van der Waals surface area (Å²) in [5.41, 5.74) is 0. The van der Waals surface area contributed by atoms with E-state index < -0.39 is 57.8 Å². The summed E-state index contributed by atoms with van der Waals surface area (Å²) in [5, 5.41) is 9.82. The first-order valence-electron chi connectivity index (χ1n) is 31.8. The van der Waals surface area contributed by atoms with Crippen LogP contribution in [0.15, 0.2) is 109 Å². The fourth-order valence-corrected chi connectivity index (χ4v) is 9.16. The first kappa shape index (κ1) is 76.1. The molecule has 0 aliphatic carbocycles. The van der Waals surface area contributed by atoms with Gasteiger partial charge in [-0.2, -0.15) is 0 Å². The Morgan fingerprint density at radius 3 is 1.10 bits per heavy atom. The molecule has 0 saturated carbocycles. The highest BCUT2D eigenvalue weighted by Crippen LogP contribution is 2.43. The molecule has 12 heteroatoms. The molecule has 0 amide bonds. The van der Waals surface area contributed by atoms with Gasteiger partial charge in [-0.25, -0.2) is 4.57 Å². The number of phosphoric ester groups is 1. The molecular formula is C68H115O11P. The zero-order valence-electron chi connectivity index (χ0n) is 50.8. The molecule has 458 valence electrons. The summed E-state index contributed by atoms with van der Waals surface area (Å²) in [6, 6.07) is 0. The number of esters is 3. The molecule has 11 nitrogen and oxygen atoms in total. The van der Waals surface area contributed by atoms with E-state index in [4.69, 9.17) is 23.3 Å². The van der Waals surface area contributed by atoms with Gasteiger partial charge >= 0.3 is 25.7 Å². The predicted octanol–water partition coefficient (Wildman–Crippen LogP) is 19.4. The highest BCUT2D eigenvalue weighted by atomic mass is 31.2. The van der Waals surface area contributed by atoms with Crippen molar-refractivity contribution in [1.29, 1.82) is 0 Å². The number of allylic oxidation sites excluding steroid dienone is 17. The Morgan fingerprint density at radius 1 is 0.375 bits per heavy atom. The second kappa shape index (κ2) is 61.2. The molecule has 3 atom stereocenters. The van der Waals surface area contributed by atoms with Crippen LogP contribution in [0.1, 0.15) is 265 Å². The molecule has 0 aromatic carbocycles. The van der Waals surface area contributed by atoms with Crippen LogP contribution in [-0.2, 0) is 42.2 Å². The molecule has 0 aromatic heterocycles. The van der Waals surface area contributed by atoms with E-state index in [0.29, 0.717) is 19.3 Å². The molecule has 3 unspecified atom stereocenters. The van der Waals surface area contributed by atoms with Crippen molar-refractivity contribution < 1.29 is 52.2 Å². The number of hydrogen-bond acceptors (Lipinski definition) is 10. The van der Waals surface area contributed by atoms with Gasteiger partial charge in [0.05, 0.1) is 26.2 Å². The number of ether oxygens (including phenoxy) is 3. The maximum atomic E-state index is 13.0. The van der Waals surface area contributed by atoms with Crippen LogP contribution in [0.3, 0.4) is 0 Å². The van der Waals surface area contributed by atoms with E-state index in [1.165, 1.54) is 116 Å². The maximum Gasteiger partial charge on any atom is 0.472 e. The first-order valence-corrected chi connectivity index (χ1v) is 33.3. The molecular weight excluding hydrogens is 1020 g/mol. The standard InChI is InChI=1S/C68H115O11P/c1-4-7-10-13-16-19-22-25-28-30-32-34-37-39-42-45-48-51-54-57-66(70)75-61-65(79-68(72)59-56-53-50-47-44-41-38-35-33-31-29-26-23-20-17-14-11-8-5-2)63-77-80(73,74)76-62-64(60-69)78-67(71)58-55-52-49-46-43-40-36-27-24-21-18-15-12-9-6-3/h9,12,16-21,25-29,36,43,46,52,55,64-65,69H,4-8,10-11,13-15,22-24,30-35,37-42,44-45,47-51,53-54,56-63H2,1-3H3,(H,73,74)/b12-9-,19-16-,20-17-,21-18-,28-25-,29-26-,36-27-,46-43-,55-52-. The molecule has 0 heterocycles. The van der Waals surface area contributed by atoms with Gasteiger partial charge in [-0.05, 0) is 109 Å². The zero-order valence-corrected chi connectivity index (χ0v) is 51.7. The van der Waals surface area contributed by atoms with Gasteiger partial charge < -0.3 is 24.2 Å². The number of carbonyl (C=O) groups excluding carboxylic acids is 3. The lowest BCUT2D eigenvalue weighted by Crippen LogP contribution is -2.30. The summed E-state index contributed by atoms with van der Waals surface area (Å²) in [7, 11) is -4.79. The van der Waals surface area contributed by atoms with Crippen molar-refractivity contribution in [2.24, 2.45) is 0 Å². The quantitative estimate of drug-likeness (QED) is 0.0197. The Bertz CT molecular complexity index is 1760. The van der Waals surface area contributed by atoms with E-state index in [0.717, 1.165) is 89.9 Å². The van der Waals surface area contributed by atoms with Gasteiger partial charge in [-0.1, -0.05) is 246 Å². The summed E-state index contributed by atoms with van der Waals surface area (Å²) >= 11 is 0. The Morgan fingerprint density at radius 2 is 0.700 bits per heavy atom. The van der Waals surface area contributed by atoms with Gasteiger partial charge in [0.25, 0.3) is 0 Å². The molecule has 0 spiro atoms. The van der Waals surface area contributed by atoms with E-state index in [9.17, 15) is 28.9 Å². The minimum Gasteiger partial charge on any atom is -0.462 e. The molecule has 0 fully saturated rings. The van der Waals surface area contributed by atoms with Crippen molar-refractivity contribution in [3.05, 3.63) is 109 Å². The smallest absolute Gasteiger partial charge is 0.462 e. The molecule has 0 rings (SSSR count). The van der Waals surface area contributed by atoms with E-state index in [-0.39, 0.29) is 25.9 Å². The highest BCUT2D eigenvalue weighted by Gasteiger charge is 2.28. The average molecular weight is 1140 g/mol. The lowest BCUT2D eigenvalue weighted by molar-refractivity contribution is -0.161. The van der Waals surface area contributed by atoms with Crippen LogP contribution in [0.25, 0.3) is 0 Å². The van der Waals surface area contributed by atoms with Crippen LogP contribution < -0.4 is 0 Å². The summed E-state index contributed by atoms with van der Waals surface area (Å²) in [4.78, 5) is 48.7. The minimum atomic E-state index is -4.79. The monoisotopic (exact) mass is 1140 g/mol. The van der Waals surface area contributed by atoms with Gasteiger partial charge in [0.15, 0.2) is 6.10 Å². The van der Waals surface area contributed by atoms with Crippen LogP contribution in [0.5, 0.6) is 0 Å². The number of aliphatic hydroxyl groups excluding tert-OH is 1. The van der Waals surface area contributed by atoms with Gasteiger partial charge in [-0.15, -0.1) is 0 Å². The van der Waals surface area contributed by atoms with Crippen molar-refractivity contribution in [2.75, 3.05) is 26.4 Å². The number of phosphoric acid groups is 1. The Balaban J connectivity index is 4.80. The zero-order chi connectivity index (χ0) is 58.3. The number of carbonyl (C=O) groups is 3. The van der Waals surface area contributed by atoms with Crippen molar-refractivity contribution in [1.82, 2.24) is 0 Å². The van der Waals surface area contributed by atoms with Gasteiger partial charge in [0, 0.05) is 12.8 Å². The fraction of sp³-hybridized carbons (Fsp3) is 0.691. The second-order valence-corrected chi connectivity index (χ2v) is 22.3. The van der Waals surface area contributed by atoms with Gasteiger partial charge in [0.2, 0.25) is 0 Å². The molecule has 0 saturated heterocycles. The van der Waals surface area contributed by atoms with E-state index >= 15 is 0 Å². The summed E-state index contributed by atoms with van der Waals surface area (Å²) < 4.78 is 39.5. The number of hydrogen-bond donors (Lipinski definition) is 2. The van der Waals surface area contributed by atoms with Crippen molar-refractivity contribution in [3.63, 3.8) is 0 Å². The maximum absolute atomic E-state index is 13.0. The van der Waals surface area contributed by atoms with E-state index in [1.807, 2.05) is 18.2 Å². The van der Waals surface area contributed by atoms with E-state index in [2.05, 4.69) is 106 Å². The fourth-order valence-electron chi connectivity index (χ4n) is 8.37. The molecule has 0 bridgehead atoms. The lowest BCUT2D eigenvalue weighted by atomic mass is 10.1. The minimum absolute atomic E-state index is 0.0592. The summed E-state index contributed by atoms with van der Waals surface area (Å²) in [6.07, 6.45) is 74.9. The third kappa shape index (κ3) is 58.8. The van der Waals surface area contributed by atoms with Crippen LogP contribution in [0, 0.1) is 0 Å². The largest absolute Gasteiger partial charge is 0.472 e. The Hall–Kier alpha value is -3.86. The number of unbranched alkanes of at least 4 members (excludes halogenated alkanes) is 24. The van der Waals surface area contributed by atoms with E-state index in [1.54, 1.807) is 6.08 Å². The van der Waals surface area contributed by atoms with Crippen molar-refractivity contribution >= 4 is 25.7 Å². The molecule has 80 heavy (non-hydrogen) atoms. The molecule has 2 N–H and O–H groups in total. The third-order valence-corrected chi connectivity index (χ3v) is 14.1. The molecule has 0 aliphatic rings. The van der Waals surface area contributed by atoms with Gasteiger partial charge in [-0.3, -0.25) is 23.4 Å². The van der Waals surface area contributed by atoms with Crippen LogP contribution >= 0.6 is 7.82 Å². The Kier molecular flexibility index (Phi) is 58.3. The highest BCUT2D eigenvalue weighted by molar-refractivity contribution is 7.47. The summed E-state index contributed by atoms with van der Waals surface area (Å²) in [6.45, 7) is 4.38. The number of aliphatic hydroxyl groups is 1. The first-order chi connectivity index (χ1) is 39.2. The summed E-state index contributed by atoms with van der Waals surface area (Å²) in [5.74, 6) is -1.61. The van der Waals surface area contributed by atoms with Crippen LogP contribution in [-0.4, -0.2) is 66.5 Å². The van der Waals surface area contributed by atoms with Gasteiger partial charge in [0.1, 0.15) is 12.7 Å². The number of rotatable bonds is 58. The van der Waals surface area contributed by atoms with Crippen molar-refractivity contribution in [3.8, 4) is 0 Å². The average Bonchev–Trinajstić information content (AvgIpc) is 3.45. The van der Waals surface area contributed by atoms with Crippen molar-refractivity contribution in [2.45, 2.75) is 277 Å². The van der Waals surface area contributed by atoms with Crippen LogP contribution in [0.2, 0.25) is 0 Å². The lowest BCUT2D eigenvalue weighted by Gasteiger charge is -2.21.